The third-order valence-corrected chi connectivity index (χ3v) is 3.76. The zero-order valence-corrected chi connectivity index (χ0v) is 10.0. The quantitative estimate of drug-likeness (QED) is 0.667. The average molecular weight is 212 g/mol. The molecule has 15 heavy (non-hydrogen) atoms. The van der Waals surface area contributed by atoms with Crippen LogP contribution in [0.4, 0.5) is 0 Å². The van der Waals surface area contributed by atoms with E-state index in [0.717, 1.165) is 38.6 Å². The van der Waals surface area contributed by atoms with Gasteiger partial charge in [0.15, 0.2) is 0 Å². The monoisotopic (exact) mass is 212 g/mol. The molecule has 0 spiro atoms. The minimum absolute atomic E-state index is 0.429. The van der Waals surface area contributed by atoms with Crippen LogP contribution in [0.3, 0.4) is 0 Å². The summed E-state index contributed by atoms with van der Waals surface area (Å²) in [5, 5.41) is 6.90. The molecule has 0 aromatic heterocycles. The Bertz CT molecular complexity index is 200. The van der Waals surface area contributed by atoms with E-state index in [4.69, 9.17) is 4.74 Å². The summed E-state index contributed by atoms with van der Waals surface area (Å²) in [5.41, 5.74) is 0.607. The Balaban J connectivity index is 1.48. The van der Waals surface area contributed by atoms with Gasteiger partial charge < -0.3 is 15.4 Å². The van der Waals surface area contributed by atoms with Crippen LogP contribution in [-0.4, -0.2) is 38.9 Å². The van der Waals surface area contributed by atoms with Crippen LogP contribution in [0.25, 0.3) is 0 Å². The first-order valence-electron chi connectivity index (χ1n) is 6.21. The van der Waals surface area contributed by atoms with Crippen molar-refractivity contribution in [3.63, 3.8) is 0 Å². The molecule has 0 amide bonds. The standard InChI is InChI=1S/C12H24N2O/c1-12(2)7-10(12)8-13-4-3-11-9-14-5-6-15-11/h10-11,13-14H,3-9H2,1-2H3. The highest BCUT2D eigenvalue weighted by Gasteiger charge is 2.44. The molecular weight excluding hydrogens is 188 g/mol. The van der Waals surface area contributed by atoms with Crippen LogP contribution in [0.5, 0.6) is 0 Å². The highest BCUT2D eigenvalue weighted by atomic mass is 16.5. The molecule has 1 aliphatic carbocycles. The normalized spacial score (nSPS) is 34.0. The maximum absolute atomic E-state index is 5.64. The highest BCUT2D eigenvalue weighted by molar-refractivity contribution is 4.96. The number of hydrogen-bond acceptors (Lipinski definition) is 3. The van der Waals surface area contributed by atoms with E-state index in [1.807, 2.05) is 0 Å². The predicted molar refractivity (Wildman–Crippen MR) is 62.0 cm³/mol. The van der Waals surface area contributed by atoms with Crippen LogP contribution in [-0.2, 0) is 4.74 Å². The van der Waals surface area contributed by atoms with Gasteiger partial charge in [0.1, 0.15) is 0 Å². The van der Waals surface area contributed by atoms with Gasteiger partial charge in [-0.1, -0.05) is 13.8 Å². The van der Waals surface area contributed by atoms with Crippen LogP contribution in [0.1, 0.15) is 26.7 Å². The smallest absolute Gasteiger partial charge is 0.0712 e. The van der Waals surface area contributed by atoms with Gasteiger partial charge in [0.05, 0.1) is 12.7 Å². The fourth-order valence-corrected chi connectivity index (χ4v) is 2.27. The lowest BCUT2D eigenvalue weighted by molar-refractivity contribution is 0.0238. The molecule has 2 N–H and O–H groups in total. The lowest BCUT2D eigenvalue weighted by atomic mass is 10.1. The zero-order chi connectivity index (χ0) is 10.7. The predicted octanol–water partition coefficient (Wildman–Crippen LogP) is 1.00. The number of ether oxygens (including phenoxy) is 1. The molecule has 88 valence electrons. The van der Waals surface area contributed by atoms with E-state index >= 15 is 0 Å². The van der Waals surface area contributed by atoms with Crippen molar-refractivity contribution in [1.82, 2.24) is 10.6 Å². The summed E-state index contributed by atoms with van der Waals surface area (Å²) < 4.78 is 5.64. The first kappa shape index (κ1) is 11.4. The first-order valence-corrected chi connectivity index (χ1v) is 6.21. The first-order chi connectivity index (χ1) is 7.18. The van der Waals surface area contributed by atoms with Crippen molar-refractivity contribution in [3.05, 3.63) is 0 Å². The maximum atomic E-state index is 5.64. The number of rotatable bonds is 5. The lowest BCUT2D eigenvalue weighted by Crippen LogP contribution is -2.40. The molecule has 2 unspecified atom stereocenters. The maximum Gasteiger partial charge on any atom is 0.0712 e. The van der Waals surface area contributed by atoms with Crippen molar-refractivity contribution in [3.8, 4) is 0 Å². The van der Waals surface area contributed by atoms with Crippen molar-refractivity contribution < 1.29 is 4.74 Å². The lowest BCUT2D eigenvalue weighted by Gasteiger charge is -2.23. The average Bonchev–Trinajstić information content (AvgIpc) is 2.83. The molecule has 1 saturated carbocycles. The Morgan fingerprint density at radius 2 is 2.27 bits per heavy atom. The third kappa shape index (κ3) is 3.44. The molecule has 3 heteroatoms. The molecule has 1 saturated heterocycles. The Labute approximate surface area is 93.0 Å². The molecule has 2 rings (SSSR count). The topological polar surface area (TPSA) is 33.3 Å². The van der Waals surface area contributed by atoms with Crippen LogP contribution in [0, 0.1) is 11.3 Å². The van der Waals surface area contributed by atoms with Crippen LogP contribution >= 0.6 is 0 Å². The van der Waals surface area contributed by atoms with Crippen molar-refractivity contribution >= 4 is 0 Å². The van der Waals surface area contributed by atoms with Crippen LogP contribution in [0.15, 0.2) is 0 Å². The van der Waals surface area contributed by atoms with Gasteiger partial charge >= 0.3 is 0 Å². The van der Waals surface area contributed by atoms with E-state index in [1.165, 1.54) is 13.0 Å². The second-order valence-corrected chi connectivity index (χ2v) is 5.58. The summed E-state index contributed by atoms with van der Waals surface area (Å²) in [6, 6.07) is 0. The molecule has 0 aromatic rings. The molecule has 0 bridgehead atoms. The van der Waals surface area contributed by atoms with E-state index in [0.29, 0.717) is 11.5 Å². The molecule has 0 radical (unpaired) electrons. The zero-order valence-electron chi connectivity index (χ0n) is 10.0. The number of morpholine rings is 1. The highest BCUT2D eigenvalue weighted by Crippen LogP contribution is 2.50. The fourth-order valence-electron chi connectivity index (χ4n) is 2.27. The third-order valence-electron chi connectivity index (χ3n) is 3.76. The van der Waals surface area contributed by atoms with E-state index in [9.17, 15) is 0 Å². The van der Waals surface area contributed by atoms with Crippen LogP contribution < -0.4 is 10.6 Å². The summed E-state index contributed by atoms with van der Waals surface area (Å²) in [6.07, 6.45) is 2.96. The molecular formula is C12H24N2O. The van der Waals surface area contributed by atoms with E-state index in [-0.39, 0.29) is 0 Å². The van der Waals surface area contributed by atoms with Gasteiger partial charge in [0.25, 0.3) is 0 Å². The van der Waals surface area contributed by atoms with Gasteiger partial charge in [-0.15, -0.1) is 0 Å². The number of nitrogens with one attached hydrogen (secondary N) is 2. The summed E-state index contributed by atoms with van der Waals surface area (Å²) in [6.45, 7) is 9.91. The van der Waals surface area contributed by atoms with Gasteiger partial charge in [-0.2, -0.15) is 0 Å². The molecule has 2 fully saturated rings. The molecule has 1 aliphatic heterocycles. The minimum Gasteiger partial charge on any atom is -0.376 e. The van der Waals surface area contributed by atoms with Gasteiger partial charge in [-0.05, 0) is 37.3 Å². The molecule has 2 aliphatic rings. The van der Waals surface area contributed by atoms with E-state index in [2.05, 4.69) is 24.5 Å². The van der Waals surface area contributed by atoms with Crippen molar-refractivity contribution in [2.45, 2.75) is 32.8 Å². The van der Waals surface area contributed by atoms with Crippen molar-refractivity contribution in [1.29, 1.82) is 0 Å². The Kier molecular flexibility index (Phi) is 3.65. The molecule has 0 aromatic carbocycles. The van der Waals surface area contributed by atoms with Crippen molar-refractivity contribution in [2.24, 2.45) is 11.3 Å². The summed E-state index contributed by atoms with van der Waals surface area (Å²) in [5.74, 6) is 0.905. The minimum atomic E-state index is 0.429. The van der Waals surface area contributed by atoms with E-state index < -0.39 is 0 Å². The molecule has 2 atom stereocenters. The SMILES string of the molecule is CC1(C)CC1CNCCC1CNCCO1. The fraction of sp³-hybridized carbons (Fsp3) is 1.00. The number of hydrogen-bond donors (Lipinski definition) is 2. The Morgan fingerprint density at radius 3 is 2.87 bits per heavy atom. The Hall–Kier alpha value is -0.120. The van der Waals surface area contributed by atoms with Gasteiger partial charge in [0.2, 0.25) is 0 Å². The summed E-state index contributed by atoms with van der Waals surface area (Å²) >= 11 is 0. The summed E-state index contributed by atoms with van der Waals surface area (Å²) in [4.78, 5) is 0. The second kappa shape index (κ2) is 4.81. The van der Waals surface area contributed by atoms with E-state index in [1.54, 1.807) is 0 Å². The van der Waals surface area contributed by atoms with Gasteiger partial charge in [-0.3, -0.25) is 0 Å². The second-order valence-electron chi connectivity index (χ2n) is 5.58. The molecule has 3 nitrogen and oxygen atoms in total. The van der Waals surface area contributed by atoms with Gasteiger partial charge in [0, 0.05) is 13.1 Å². The molecule has 1 heterocycles. The van der Waals surface area contributed by atoms with Crippen molar-refractivity contribution in [2.75, 3.05) is 32.8 Å². The largest absolute Gasteiger partial charge is 0.376 e. The van der Waals surface area contributed by atoms with Crippen LogP contribution in [0.2, 0.25) is 0 Å². The van der Waals surface area contributed by atoms with Gasteiger partial charge in [-0.25, -0.2) is 0 Å². The summed E-state index contributed by atoms with van der Waals surface area (Å²) in [7, 11) is 0. The Morgan fingerprint density at radius 1 is 1.47 bits per heavy atom.